The number of ether oxygens (including phenoxy) is 1. The van der Waals surface area contributed by atoms with E-state index in [2.05, 4.69) is 11.1 Å². The van der Waals surface area contributed by atoms with Gasteiger partial charge in [0.1, 0.15) is 11.9 Å². The third-order valence-corrected chi connectivity index (χ3v) is 4.05. The molecule has 0 amide bonds. The number of thiazole rings is 1. The molecular formula is C13H13NO2S. The predicted molar refractivity (Wildman–Crippen MR) is 66.6 cm³/mol. The van der Waals surface area contributed by atoms with Gasteiger partial charge in [0.05, 0.1) is 22.7 Å². The maximum absolute atomic E-state index is 10.4. The molecule has 0 aliphatic carbocycles. The van der Waals surface area contributed by atoms with Crippen molar-refractivity contribution in [2.24, 2.45) is 0 Å². The second kappa shape index (κ2) is 4.13. The normalized spacial score (nSPS) is 15.4. The third kappa shape index (κ3) is 1.73. The van der Waals surface area contributed by atoms with Crippen LogP contribution in [0.15, 0.2) is 23.7 Å². The summed E-state index contributed by atoms with van der Waals surface area (Å²) >= 11 is 1.48. The van der Waals surface area contributed by atoms with Crippen molar-refractivity contribution in [3.8, 4) is 5.75 Å². The Labute approximate surface area is 104 Å². The van der Waals surface area contributed by atoms with Crippen molar-refractivity contribution in [1.82, 2.24) is 4.98 Å². The van der Waals surface area contributed by atoms with E-state index in [1.807, 2.05) is 19.1 Å². The fourth-order valence-electron chi connectivity index (χ4n) is 2.17. The van der Waals surface area contributed by atoms with Crippen LogP contribution in [0.4, 0.5) is 0 Å². The van der Waals surface area contributed by atoms with Crippen LogP contribution in [0.2, 0.25) is 0 Å². The van der Waals surface area contributed by atoms with Gasteiger partial charge in [0.2, 0.25) is 0 Å². The topological polar surface area (TPSA) is 42.4 Å². The summed E-state index contributed by atoms with van der Waals surface area (Å²) in [5.41, 5.74) is 4.69. The molecule has 0 radical (unpaired) electrons. The lowest BCUT2D eigenvalue weighted by atomic mass is 10.0. The van der Waals surface area contributed by atoms with Gasteiger partial charge in [0.25, 0.3) is 0 Å². The molecule has 0 bridgehead atoms. The second-order valence-electron chi connectivity index (χ2n) is 4.14. The first-order chi connectivity index (χ1) is 8.27. The van der Waals surface area contributed by atoms with E-state index in [9.17, 15) is 5.11 Å². The molecule has 1 aliphatic heterocycles. The molecule has 0 saturated carbocycles. The number of aliphatic hydroxyl groups excluding tert-OH is 1. The van der Waals surface area contributed by atoms with E-state index < -0.39 is 6.10 Å². The third-order valence-electron chi connectivity index (χ3n) is 3.07. The molecule has 1 aromatic heterocycles. The van der Waals surface area contributed by atoms with E-state index in [0.717, 1.165) is 28.3 Å². The summed E-state index contributed by atoms with van der Waals surface area (Å²) in [6, 6.07) is 5.95. The Hall–Kier alpha value is -1.39. The number of benzene rings is 1. The van der Waals surface area contributed by atoms with Crippen LogP contribution in [-0.4, -0.2) is 16.7 Å². The Morgan fingerprint density at radius 1 is 1.47 bits per heavy atom. The minimum atomic E-state index is -0.629. The van der Waals surface area contributed by atoms with E-state index >= 15 is 0 Å². The van der Waals surface area contributed by atoms with Gasteiger partial charge in [0, 0.05) is 12.0 Å². The number of hydrogen-bond acceptors (Lipinski definition) is 4. The molecule has 1 aromatic carbocycles. The number of nitrogens with zero attached hydrogens (tertiary/aromatic N) is 1. The first-order valence-corrected chi connectivity index (χ1v) is 6.48. The zero-order valence-electron chi connectivity index (χ0n) is 9.51. The Kier molecular flexibility index (Phi) is 2.61. The summed E-state index contributed by atoms with van der Waals surface area (Å²) in [5.74, 6) is 0.854. The maximum Gasteiger partial charge on any atom is 0.128 e. The van der Waals surface area contributed by atoms with Crippen molar-refractivity contribution < 1.29 is 9.84 Å². The standard InChI is InChI=1S/C13H13NO2S/c1-8-13(17-7-14-8)11(15)10-4-2-3-9-5-6-16-12(9)10/h2-4,7,11,15H,5-6H2,1H3. The number of aliphatic hydroxyl groups is 1. The monoisotopic (exact) mass is 247 g/mol. The molecule has 1 N–H and O–H groups in total. The molecule has 0 saturated heterocycles. The first kappa shape index (κ1) is 10.7. The molecule has 2 heterocycles. The van der Waals surface area contributed by atoms with Gasteiger partial charge in [-0.3, -0.25) is 0 Å². The number of aromatic nitrogens is 1. The highest BCUT2D eigenvalue weighted by Crippen LogP contribution is 2.37. The van der Waals surface area contributed by atoms with Gasteiger partial charge < -0.3 is 9.84 Å². The number of aryl methyl sites for hydroxylation is 1. The molecule has 0 spiro atoms. The van der Waals surface area contributed by atoms with Gasteiger partial charge in [-0.15, -0.1) is 11.3 Å². The minimum absolute atomic E-state index is 0.629. The van der Waals surface area contributed by atoms with Crippen LogP contribution < -0.4 is 4.74 Å². The largest absolute Gasteiger partial charge is 0.493 e. The predicted octanol–water partition coefficient (Wildman–Crippen LogP) is 2.47. The van der Waals surface area contributed by atoms with E-state index in [4.69, 9.17) is 4.74 Å². The summed E-state index contributed by atoms with van der Waals surface area (Å²) in [7, 11) is 0. The van der Waals surface area contributed by atoms with E-state index in [1.54, 1.807) is 5.51 Å². The first-order valence-electron chi connectivity index (χ1n) is 5.60. The summed E-state index contributed by atoms with van der Waals surface area (Å²) in [5, 5.41) is 10.4. The van der Waals surface area contributed by atoms with Crippen LogP contribution in [-0.2, 0) is 6.42 Å². The van der Waals surface area contributed by atoms with Gasteiger partial charge in [-0.25, -0.2) is 4.98 Å². The number of hydrogen-bond donors (Lipinski definition) is 1. The molecule has 2 aromatic rings. The van der Waals surface area contributed by atoms with E-state index in [1.165, 1.54) is 16.9 Å². The van der Waals surface area contributed by atoms with Gasteiger partial charge >= 0.3 is 0 Å². The van der Waals surface area contributed by atoms with Crippen molar-refractivity contribution in [1.29, 1.82) is 0 Å². The molecule has 1 unspecified atom stereocenters. The zero-order valence-corrected chi connectivity index (χ0v) is 10.3. The maximum atomic E-state index is 10.4. The molecule has 17 heavy (non-hydrogen) atoms. The molecule has 1 atom stereocenters. The Morgan fingerprint density at radius 2 is 2.35 bits per heavy atom. The van der Waals surface area contributed by atoms with Crippen LogP contribution >= 0.6 is 11.3 Å². The average molecular weight is 247 g/mol. The van der Waals surface area contributed by atoms with Crippen LogP contribution in [0, 0.1) is 6.92 Å². The van der Waals surface area contributed by atoms with Crippen molar-refractivity contribution in [3.05, 3.63) is 45.4 Å². The fraction of sp³-hybridized carbons (Fsp3) is 0.308. The van der Waals surface area contributed by atoms with E-state index in [-0.39, 0.29) is 0 Å². The zero-order chi connectivity index (χ0) is 11.8. The van der Waals surface area contributed by atoms with Crippen LogP contribution in [0.1, 0.15) is 27.8 Å². The van der Waals surface area contributed by atoms with E-state index in [0.29, 0.717) is 6.61 Å². The molecule has 88 valence electrons. The van der Waals surface area contributed by atoms with Crippen molar-refractivity contribution in [3.63, 3.8) is 0 Å². The number of para-hydroxylation sites is 1. The quantitative estimate of drug-likeness (QED) is 0.886. The lowest BCUT2D eigenvalue weighted by molar-refractivity contribution is 0.216. The molecule has 3 nitrogen and oxygen atoms in total. The summed E-state index contributed by atoms with van der Waals surface area (Å²) in [6.07, 6.45) is 0.299. The molecule has 1 aliphatic rings. The Morgan fingerprint density at radius 3 is 3.12 bits per heavy atom. The summed E-state index contributed by atoms with van der Waals surface area (Å²) in [4.78, 5) is 5.07. The van der Waals surface area contributed by atoms with Gasteiger partial charge in [-0.2, -0.15) is 0 Å². The van der Waals surface area contributed by atoms with Crippen molar-refractivity contribution >= 4 is 11.3 Å². The average Bonchev–Trinajstić information content (AvgIpc) is 2.95. The fourth-order valence-corrected chi connectivity index (χ4v) is 2.97. The molecule has 3 rings (SSSR count). The van der Waals surface area contributed by atoms with Gasteiger partial charge in [-0.05, 0) is 12.5 Å². The summed E-state index contributed by atoms with van der Waals surface area (Å²) in [6.45, 7) is 2.62. The molecular weight excluding hydrogens is 234 g/mol. The smallest absolute Gasteiger partial charge is 0.128 e. The molecule has 4 heteroatoms. The van der Waals surface area contributed by atoms with Crippen LogP contribution in [0.3, 0.4) is 0 Å². The highest BCUT2D eigenvalue weighted by molar-refractivity contribution is 7.09. The molecule has 0 fully saturated rings. The van der Waals surface area contributed by atoms with Crippen molar-refractivity contribution in [2.45, 2.75) is 19.4 Å². The Bertz CT molecular complexity index is 550. The van der Waals surface area contributed by atoms with Gasteiger partial charge in [-0.1, -0.05) is 18.2 Å². The lowest BCUT2D eigenvalue weighted by Crippen LogP contribution is -2.01. The Balaban J connectivity index is 2.05. The highest BCUT2D eigenvalue weighted by atomic mass is 32.1. The SMILES string of the molecule is Cc1ncsc1C(O)c1cccc2c1OCC2. The minimum Gasteiger partial charge on any atom is -0.493 e. The number of fused-ring (bicyclic) bond motifs is 1. The number of rotatable bonds is 2. The summed E-state index contributed by atoms with van der Waals surface area (Å²) < 4.78 is 5.61. The second-order valence-corrected chi connectivity index (χ2v) is 5.02. The van der Waals surface area contributed by atoms with Crippen LogP contribution in [0.5, 0.6) is 5.75 Å². The highest BCUT2D eigenvalue weighted by Gasteiger charge is 2.23. The lowest BCUT2D eigenvalue weighted by Gasteiger charge is -2.13. The van der Waals surface area contributed by atoms with Crippen molar-refractivity contribution in [2.75, 3.05) is 6.61 Å². The van der Waals surface area contributed by atoms with Gasteiger partial charge in [0.15, 0.2) is 0 Å². The van der Waals surface area contributed by atoms with Crippen LogP contribution in [0.25, 0.3) is 0 Å².